The average Bonchev–Trinajstić information content (AvgIpc) is 1.60. The molecule has 1 aliphatic rings. The van der Waals surface area contributed by atoms with Crippen molar-refractivity contribution in [1.29, 1.82) is 0 Å². The van der Waals surface area contributed by atoms with Gasteiger partial charge in [-0.1, -0.05) is 13.8 Å². The summed E-state index contributed by atoms with van der Waals surface area (Å²) >= 11 is 5.79. The SMILES string of the molecule is CC(C)CN1CC(Cl)C1. The van der Waals surface area contributed by atoms with E-state index in [9.17, 15) is 0 Å². The average molecular weight is 148 g/mol. The second kappa shape index (κ2) is 2.89. The summed E-state index contributed by atoms with van der Waals surface area (Å²) < 4.78 is 0. The van der Waals surface area contributed by atoms with E-state index in [-0.39, 0.29) is 0 Å². The molecule has 0 aromatic carbocycles. The Morgan fingerprint density at radius 3 is 2.44 bits per heavy atom. The van der Waals surface area contributed by atoms with E-state index in [1.807, 2.05) is 0 Å². The summed E-state index contributed by atoms with van der Waals surface area (Å²) in [5, 5.41) is 0.434. The van der Waals surface area contributed by atoms with Gasteiger partial charge in [0, 0.05) is 19.6 Å². The minimum absolute atomic E-state index is 0.434. The van der Waals surface area contributed by atoms with Gasteiger partial charge < -0.3 is 4.90 Å². The Kier molecular flexibility index (Phi) is 2.36. The lowest BCUT2D eigenvalue weighted by atomic mass is 10.1. The standard InChI is InChI=1S/C7H14ClN/c1-6(2)3-9-4-7(8)5-9/h6-7H,3-5H2,1-2H3. The second-order valence-corrected chi connectivity index (χ2v) is 3.83. The lowest BCUT2D eigenvalue weighted by molar-refractivity contribution is 0.166. The lowest BCUT2D eigenvalue weighted by Crippen LogP contribution is -2.48. The number of likely N-dealkylation sites (tertiary alicyclic amines) is 1. The van der Waals surface area contributed by atoms with E-state index < -0.39 is 0 Å². The number of nitrogens with zero attached hydrogens (tertiary/aromatic N) is 1. The Balaban J connectivity index is 2.04. The van der Waals surface area contributed by atoms with E-state index in [2.05, 4.69) is 18.7 Å². The van der Waals surface area contributed by atoms with Gasteiger partial charge in [0.2, 0.25) is 0 Å². The molecule has 9 heavy (non-hydrogen) atoms. The summed E-state index contributed by atoms with van der Waals surface area (Å²) in [4.78, 5) is 2.39. The summed E-state index contributed by atoms with van der Waals surface area (Å²) in [6.07, 6.45) is 0. The molecule has 54 valence electrons. The monoisotopic (exact) mass is 147 g/mol. The van der Waals surface area contributed by atoms with Crippen LogP contribution in [-0.2, 0) is 0 Å². The number of halogens is 1. The predicted octanol–water partition coefficient (Wildman–Crippen LogP) is 1.57. The second-order valence-electron chi connectivity index (χ2n) is 3.21. The quantitative estimate of drug-likeness (QED) is 0.536. The highest BCUT2D eigenvalue weighted by Gasteiger charge is 2.23. The van der Waals surface area contributed by atoms with Crippen molar-refractivity contribution in [2.45, 2.75) is 19.2 Å². The molecule has 1 rings (SSSR count). The summed E-state index contributed by atoms with van der Waals surface area (Å²) in [5.74, 6) is 0.786. The highest BCUT2D eigenvalue weighted by atomic mass is 35.5. The van der Waals surface area contributed by atoms with Crippen molar-refractivity contribution >= 4 is 11.6 Å². The predicted molar refractivity (Wildman–Crippen MR) is 40.9 cm³/mol. The van der Waals surface area contributed by atoms with Gasteiger partial charge in [-0.25, -0.2) is 0 Å². The van der Waals surface area contributed by atoms with Gasteiger partial charge in [0.1, 0.15) is 0 Å². The Morgan fingerprint density at radius 1 is 1.56 bits per heavy atom. The van der Waals surface area contributed by atoms with Crippen LogP contribution in [-0.4, -0.2) is 29.9 Å². The van der Waals surface area contributed by atoms with Crippen molar-refractivity contribution in [3.63, 3.8) is 0 Å². The van der Waals surface area contributed by atoms with Gasteiger partial charge in [0.15, 0.2) is 0 Å². The maximum absolute atomic E-state index is 5.79. The summed E-state index contributed by atoms with van der Waals surface area (Å²) in [6.45, 7) is 7.88. The van der Waals surface area contributed by atoms with Crippen LogP contribution in [0.5, 0.6) is 0 Å². The number of alkyl halides is 1. The maximum Gasteiger partial charge on any atom is 0.0590 e. The molecule has 0 aromatic rings. The van der Waals surface area contributed by atoms with Crippen LogP contribution in [0.4, 0.5) is 0 Å². The van der Waals surface area contributed by atoms with Crippen molar-refractivity contribution in [3.05, 3.63) is 0 Å². The molecule has 1 saturated heterocycles. The zero-order valence-corrected chi connectivity index (χ0v) is 6.86. The molecule has 0 radical (unpaired) electrons. The van der Waals surface area contributed by atoms with E-state index in [1.165, 1.54) is 6.54 Å². The van der Waals surface area contributed by atoms with Crippen molar-refractivity contribution in [2.75, 3.05) is 19.6 Å². The van der Waals surface area contributed by atoms with Gasteiger partial charge in [-0.2, -0.15) is 0 Å². The molecule has 1 heterocycles. The fraction of sp³-hybridized carbons (Fsp3) is 1.00. The fourth-order valence-corrected chi connectivity index (χ4v) is 1.56. The Morgan fingerprint density at radius 2 is 2.11 bits per heavy atom. The molecule has 0 amide bonds. The van der Waals surface area contributed by atoms with Gasteiger partial charge in [-0.05, 0) is 5.92 Å². The van der Waals surface area contributed by atoms with Crippen LogP contribution in [0.1, 0.15) is 13.8 Å². The molecule has 0 unspecified atom stereocenters. The number of hydrogen-bond acceptors (Lipinski definition) is 1. The zero-order valence-electron chi connectivity index (χ0n) is 6.10. The lowest BCUT2D eigenvalue weighted by Gasteiger charge is -2.36. The van der Waals surface area contributed by atoms with Crippen LogP contribution in [0.25, 0.3) is 0 Å². The zero-order chi connectivity index (χ0) is 6.85. The van der Waals surface area contributed by atoms with Crippen LogP contribution >= 0.6 is 11.6 Å². The Labute approximate surface area is 62.0 Å². The van der Waals surface area contributed by atoms with Gasteiger partial charge in [0.25, 0.3) is 0 Å². The first kappa shape index (κ1) is 7.36. The number of hydrogen-bond donors (Lipinski definition) is 0. The van der Waals surface area contributed by atoms with Crippen molar-refractivity contribution in [1.82, 2.24) is 4.90 Å². The molecular weight excluding hydrogens is 134 g/mol. The van der Waals surface area contributed by atoms with Gasteiger partial charge >= 0.3 is 0 Å². The fourth-order valence-electron chi connectivity index (χ4n) is 1.17. The summed E-state index contributed by atoms with van der Waals surface area (Å²) in [6, 6.07) is 0. The molecule has 0 atom stereocenters. The summed E-state index contributed by atoms with van der Waals surface area (Å²) in [7, 11) is 0. The van der Waals surface area contributed by atoms with E-state index >= 15 is 0 Å². The Bertz CT molecular complexity index is 86.9. The van der Waals surface area contributed by atoms with E-state index in [1.54, 1.807) is 0 Å². The molecule has 0 aliphatic carbocycles. The first-order chi connectivity index (χ1) is 4.18. The van der Waals surface area contributed by atoms with Crippen LogP contribution < -0.4 is 0 Å². The highest BCUT2D eigenvalue weighted by Crippen LogP contribution is 2.14. The maximum atomic E-state index is 5.79. The molecular formula is C7H14ClN. The van der Waals surface area contributed by atoms with Crippen LogP contribution in [0, 0.1) is 5.92 Å². The van der Waals surface area contributed by atoms with Crippen LogP contribution in [0.3, 0.4) is 0 Å². The molecule has 0 bridgehead atoms. The van der Waals surface area contributed by atoms with E-state index in [4.69, 9.17) is 11.6 Å². The topological polar surface area (TPSA) is 3.24 Å². The highest BCUT2D eigenvalue weighted by molar-refractivity contribution is 6.21. The van der Waals surface area contributed by atoms with Crippen molar-refractivity contribution in [2.24, 2.45) is 5.92 Å². The molecule has 0 saturated carbocycles. The molecule has 0 N–H and O–H groups in total. The van der Waals surface area contributed by atoms with Crippen molar-refractivity contribution < 1.29 is 0 Å². The molecule has 0 spiro atoms. The largest absolute Gasteiger partial charge is 0.300 e. The first-order valence-corrected chi connectivity index (χ1v) is 3.98. The third-order valence-corrected chi connectivity index (χ3v) is 1.81. The number of rotatable bonds is 2. The molecule has 1 nitrogen and oxygen atoms in total. The smallest absolute Gasteiger partial charge is 0.0590 e. The minimum Gasteiger partial charge on any atom is -0.300 e. The Hall–Kier alpha value is 0.250. The van der Waals surface area contributed by atoms with Gasteiger partial charge in [-0.3, -0.25) is 0 Å². The summed E-state index contributed by atoms with van der Waals surface area (Å²) in [5.41, 5.74) is 0. The molecule has 0 aromatic heterocycles. The van der Waals surface area contributed by atoms with E-state index in [0.717, 1.165) is 19.0 Å². The van der Waals surface area contributed by atoms with E-state index in [0.29, 0.717) is 5.38 Å². The van der Waals surface area contributed by atoms with Crippen molar-refractivity contribution in [3.8, 4) is 0 Å². The van der Waals surface area contributed by atoms with Crippen LogP contribution in [0.15, 0.2) is 0 Å². The molecule has 1 fully saturated rings. The third-order valence-electron chi connectivity index (χ3n) is 1.54. The molecule has 1 aliphatic heterocycles. The van der Waals surface area contributed by atoms with Gasteiger partial charge in [-0.15, -0.1) is 11.6 Å². The first-order valence-electron chi connectivity index (χ1n) is 3.55. The van der Waals surface area contributed by atoms with Crippen LogP contribution in [0.2, 0.25) is 0 Å². The third kappa shape index (κ3) is 2.15. The normalized spacial score (nSPS) is 22.7. The minimum atomic E-state index is 0.434. The van der Waals surface area contributed by atoms with Gasteiger partial charge in [0.05, 0.1) is 5.38 Å². The molecule has 2 heteroatoms.